The molecule has 36 heavy (non-hydrogen) atoms. The summed E-state index contributed by atoms with van der Waals surface area (Å²) in [4.78, 5) is 30.0. The van der Waals surface area contributed by atoms with Gasteiger partial charge in [-0.05, 0) is 63.0 Å². The number of ketones is 1. The van der Waals surface area contributed by atoms with Crippen molar-refractivity contribution in [3.05, 3.63) is 52.1 Å². The highest BCUT2D eigenvalue weighted by molar-refractivity contribution is 6.46. The Bertz CT molecular complexity index is 1150. The minimum absolute atomic E-state index is 0.0523. The van der Waals surface area contributed by atoms with E-state index in [0.29, 0.717) is 58.7 Å². The number of hydrogen-bond donors (Lipinski definition) is 1. The van der Waals surface area contributed by atoms with E-state index in [1.54, 1.807) is 24.3 Å². The molecule has 1 fully saturated rings. The Balaban J connectivity index is 2.24. The number of rotatable bonds is 10. The maximum Gasteiger partial charge on any atom is 0.295 e. The Morgan fingerprint density at radius 3 is 2.11 bits per heavy atom. The molecular weight excluding hydrogens is 488 g/mol. The van der Waals surface area contributed by atoms with E-state index < -0.39 is 17.7 Å². The van der Waals surface area contributed by atoms with Gasteiger partial charge < -0.3 is 33.9 Å². The number of aliphatic hydroxyl groups is 1. The van der Waals surface area contributed by atoms with Gasteiger partial charge in [0.15, 0.2) is 11.5 Å². The Labute approximate surface area is 215 Å². The lowest BCUT2D eigenvalue weighted by Crippen LogP contribution is -2.32. The molecule has 2 aromatic rings. The van der Waals surface area contributed by atoms with Crippen molar-refractivity contribution < 1.29 is 33.6 Å². The van der Waals surface area contributed by atoms with Gasteiger partial charge in [-0.2, -0.15) is 0 Å². The Kier molecular flexibility index (Phi) is 8.70. The Hall–Kier alpha value is -3.43. The molecule has 1 N–H and O–H groups in total. The number of amides is 1. The monoisotopic (exact) mass is 518 g/mol. The maximum absolute atomic E-state index is 13.3. The van der Waals surface area contributed by atoms with E-state index in [-0.39, 0.29) is 11.3 Å². The first-order valence-electron chi connectivity index (χ1n) is 11.2. The van der Waals surface area contributed by atoms with Gasteiger partial charge in [-0.25, -0.2) is 0 Å². The molecule has 1 unspecified atom stereocenters. The van der Waals surface area contributed by atoms with Crippen LogP contribution in [0.3, 0.4) is 0 Å². The van der Waals surface area contributed by atoms with Gasteiger partial charge in [0.2, 0.25) is 5.75 Å². The van der Waals surface area contributed by atoms with Crippen LogP contribution in [0.15, 0.2) is 35.9 Å². The molecule has 0 aliphatic carbocycles. The van der Waals surface area contributed by atoms with Crippen molar-refractivity contribution >= 4 is 29.1 Å². The smallest absolute Gasteiger partial charge is 0.295 e. The van der Waals surface area contributed by atoms with Gasteiger partial charge in [-0.15, -0.1) is 0 Å². The Morgan fingerprint density at radius 1 is 0.972 bits per heavy atom. The van der Waals surface area contributed by atoms with E-state index in [9.17, 15) is 14.7 Å². The first-order valence-corrected chi connectivity index (χ1v) is 11.6. The fraction of sp³-hybridized carbons (Fsp3) is 0.385. The van der Waals surface area contributed by atoms with Crippen LogP contribution in [0.1, 0.15) is 23.6 Å². The molecule has 2 aromatic carbocycles. The number of carbonyl (C=O) groups is 2. The summed E-state index contributed by atoms with van der Waals surface area (Å²) < 4.78 is 21.7. The van der Waals surface area contributed by atoms with Crippen molar-refractivity contribution in [3.8, 4) is 23.0 Å². The second-order valence-electron chi connectivity index (χ2n) is 8.46. The third-order valence-corrected chi connectivity index (χ3v) is 6.28. The molecule has 10 heteroatoms. The number of ether oxygens (including phenoxy) is 4. The van der Waals surface area contributed by atoms with Gasteiger partial charge in [-0.3, -0.25) is 9.59 Å². The number of nitrogens with zero attached hydrogens (tertiary/aromatic N) is 2. The average Bonchev–Trinajstić information content (AvgIpc) is 3.12. The number of halogens is 1. The molecule has 194 valence electrons. The fourth-order valence-corrected chi connectivity index (χ4v) is 4.43. The number of aliphatic hydroxyl groups excluding tert-OH is 1. The summed E-state index contributed by atoms with van der Waals surface area (Å²) in [6.07, 6.45) is 0.621. The molecule has 3 rings (SSSR count). The van der Waals surface area contributed by atoms with Crippen LogP contribution in [0.4, 0.5) is 0 Å². The second kappa shape index (κ2) is 11.5. The number of methoxy groups -OCH3 is 4. The van der Waals surface area contributed by atoms with E-state index in [1.807, 2.05) is 19.0 Å². The number of carbonyl (C=O) groups excluding carboxylic acids is 2. The molecule has 1 atom stereocenters. The number of benzene rings is 2. The highest BCUT2D eigenvalue weighted by Crippen LogP contribution is 2.46. The van der Waals surface area contributed by atoms with Crippen LogP contribution in [0.5, 0.6) is 23.0 Å². The summed E-state index contributed by atoms with van der Waals surface area (Å²) in [6, 6.07) is 7.09. The minimum atomic E-state index is -0.887. The van der Waals surface area contributed by atoms with Crippen LogP contribution in [0.25, 0.3) is 5.76 Å². The SMILES string of the molecule is COc1cc(/C(O)=C2\C(=O)C(=O)N(CCCN(C)C)C2c2cc(OC)c(OC)c(OC)c2)ccc1Cl. The molecule has 9 nitrogen and oxygen atoms in total. The van der Waals surface area contributed by atoms with Gasteiger partial charge in [0.1, 0.15) is 11.5 Å². The zero-order chi connectivity index (χ0) is 26.6. The van der Waals surface area contributed by atoms with Crippen molar-refractivity contribution in [1.29, 1.82) is 0 Å². The predicted molar refractivity (Wildman–Crippen MR) is 136 cm³/mol. The van der Waals surface area contributed by atoms with Gasteiger partial charge in [0.05, 0.1) is 45.1 Å². The number of likely N-dealkylation sites (tertiary alicyclic amines) is 1. The largest absolute Gasteiger partial charge is 0.507 e. The molecular formula is C26H31ClN2O7. The minimum Gasteiger partial charge on any atom is -0.507 e. The molecule has 1 saturated heterocycles. The summed E-state index contributed by atoms with van der Waals surface area (Å²) in [5, 5.41) is 11.7. The van der Waals surface area contributed by atoms with Crippen molar-refractivity contribution in [1.82, 2.24) is 9.80 Å². The first kappa shape index (κ1) is 27.2. The van der Waals surface area contributed by atoms with Crippen LogP contribution in [-0.2, 0) is 9.59 Å². The highest BCUT2D eigenvalue weighted by atomic mass is 35.5. The maximum atomic E-state index is 13.3. The number of hydrogen-bond acceptors (Lipinski definition) is 8. The topological polar surface area (TPSA) is 97.8 Å². The van der Waals surface area contributed by atoms with E-state index in [0.717, 1.165) is 0 Å². The van der Waals surface area contributed by atoms with E-state index in [1.165, 1.54) is 39.4 Å². The predicted octanol–water partition coefficient (Wildman–Crippen LogP) is 3.75. The summed E-state index contributed by atoms with van der Waals surface area (Å²) in [5.41, 5.74) is 0.763. The Morgan fingerprint density at radius 2 is 1.58 bits per heavy atom. The normalized spacial score (nSPS) is 17.0. The van der Waals surface area contributed by atoms with Crippen LogP contribution < -0.4 is 18.9 Å². The fourth-order valence-electron chi connectivity index (χ4n) is 4.24. The lowest BCUT2D eigenvalue weighted by molar-refractivity contribution is -0.139. The molecule has 1 aliphatic heterocycles. The molecule has 1 heterocycles. The quantitative estimate of drug-likeness (QED) is 0.288. The third kappa shape index (κ3) is 5.22. The van der Waals surface area contributed by atoms with E-state index in [4.69, 9.17) is 30.5 Å². The molecule has 0 aromatic heterocycles. The zero-order valence-corrected chi connectivity index (χ0v) is 22.0. The van der Waals surface area contributed by atoms with E-state index >= 15 is 0 Å². The van der Waals surface area contributed by atoms with E-state index in [2.05, 4.69) is 0 Å². The lowest BCUT2D eigenvalue weighted by Gasteiger charge is -2.27. The van der Waals surface area contributed by atoms with Crippen LogP contribution in [-0.4, -0.2) is 82.2 Å². The average molecular weight is 519 g/mol. The molecule has 0 saturated carbocycles. The summed E-state index contributed by atoms with van der Waals surface area (Å²) >= 11 is 6.14. The van der Waals surface area contributed by atoms with Crippen molar-refractivity contribution in [2.45, 2.75) is 12.5 Å². The van der Waals surface area contributed by atoms with Crippen molar-refractivity contribution in [2.75, 3.05) is 55.6 Å². The first-order chi connectivity index (χ1) is 17.2. The van der Waals surface area contributed by atoms with Gasteiger partial charge in [0.25, 0.3) is 11.7 Å². The molecule has 0 radical (unpaired) electrons. The second-order valence-corrected chi connectivity index (χ2v) is 8.86. The summed E-state index contributed by atoms with van der Waals surface area (Å²) in [7, 11) is 9.76. The van der Waals surface area contributed by atoms with Crippen LogP contribution >= 0.6 is 11.6 Å². The van der Waals surface area contributed by atoms with Crippen LogP contribution in [0, 0.1) is 0 Å². The van der Waals surface area contributed by atoms with Gasteiger partial charge in [-0.1, -0.05) is 11.6 Å². The van der Waals surface area contributed by atoms with Crippen LogP contribution in [0.2, 0.25) is 5.02 Å². The summed E-state index contributed by atoms with van der Waals surface area (Å²) in [5.74, 6) is -0.407. The third-order valence-electron chi connectivity index (χ3n) is 5.97. The molecule has 1 amide bonds. The highest BCUT2D eigenvalue weighted by Gasteiger charge is 2.46. The standard InChI is InChI=1S/C26H31ClN2O7/c1-28(2)10-7-11-29-22(16-13-19(34-4)25(36-6)20(14-16)35-5)21(24(31)26(29)32)23(30)15-8-9-17(27)18(12-15)33-3/h8-9,12-14,22,30H,7,10-11H2,1-6H3/b23-21+. The number of Topliss-reactive ketones (excluding diaryl/α,β-unsaturated/α-hetero) is 1. The van der Waals surface area contributed by atoms with Crippen molar-refractivity contribution in [2.24, 2.45) is 0 Å². The summed E-state index contributed by atoms with van der Waals surface area (Å²) in [6.45, 7) is 1.00. The molecule has 1 aliphatic rings. The molecule has 0 spiro atoms. The van der Waals surface area contributed by atoms with Crippen molar-refractivity contribution in [3.63, 3.8) is 0 Å². The zero-order valence-electron chi connectivity index (χ0n) is 21.3. The lowest BCUT2D eigenvalue weighted by atomic mass is 9.94. The van der Waals surface area contributed by atoms with Gasteiger partial charge in [0, 0.05) is 12.1 Å². The molecule has 0 bridgehead atoms. The van der Waals surface area contributed by atoms with Gasteiger partial charge >= 0.3 is 0 Å².